The number of rotatable bonds is 3. The van der Waals surface area contributed by atoms with E-state index in [-0.39, 0.29) is 23.7 Å². The Kier molecular flexibility index (Phi) is 3.45. The van der Waals surface area contributed by atoms with Crippen molar-refractivity contribution >= 4 is 5.91 Å². The van der Waals surface area contributed by atoms with Gasteiger partial charge in [0.15, 0.2) is 0 Å². The van der Waals surface area contributed by atoms with Crippen LogP contribution in [0.25, 0.3) is 0 Å². The SMILES string of the molecule is C#CC(C)NC(=O)c1n[nH]c(C(C)C)n1. The zero-order valence-corrected chi connectivity index (χ0v) is 9.03. The maximum Gasteiger partial charge on any atom is 0.291 e. The van der Waals surface area contributed by atoms with Crippen LogP contribution in [0, 0.1) is 12.3 Å². The number of hydrogen-bond donors (Lipinski definition) is 2. The third-order valence-electron chi connectivity index (χ3n) is 1.85. The maximum absolute atomic E-state index is 11.5. The van der Waals surface area contributed by atoms with Crippen molar-refractivity contribution in [3.63, 3.8) is 0 Å². The number of aromatic nitrogens is 3. The lowest BCUT2D eigenvalue weighted by Crippen LogP contribution is -2.32. The summed E-state index contributed by atoms with van der Waals surface area (Å²) in [6.07, 6.45) is 5.14. The topological polar surface area (TPSA) is 70.7 Å². The molecule has 1 aromatic heterocycles. The smallest absolute Gasteiger partial charge is 0.291 e. The third kappa shape index (κ3) is 2.81. The van der Waals surface area contributed by atoms with Crippen LogP contribution in [-0.4, -0.2) is 27.1 Å². The van der Waals surface area contributed by atoms with Crippen molar-refractivity contribution in [3.05, 3.63) is 11.6 Å². The van der Waals surface area contributed by atoms with Crippen molar-refractivity contribution in [2.75, 3.05) is 0 Å². The Morgan fingerprint density at radius 3 is 2.67 bits per heavy atom. The fourth-order valence-corrected chi connectivity index (χ4v) is 0.937. The molecule has 0 saturated carbocycles. The Balaban J connectivity index is 2.71. The van der Waals surface area contributed by atoms with Crippen LogP contribution in [0.1, 0.15) is 43.1 Å². The molecule has 0 fully saturated rings. The molecule has 0 aliphatic heterocycles. The minimum atomic E-state index is -0.358. The summed E-state index contributed by atoms with van der Waals surface area (Å²) in [6.45, 7) is 5.65. The van der Waals surface area contributed by atoms with Gasteiger partial charge in [-0.1, -0.05) is 19.8 Å². The molecule has 0 radical (unpaired) electrons. The molecule has 5 nitrogen and oxygen atoms in total. The van der Waals surface area contributed by atoms with Crippen LogP contribution in [0.5, 0.6) is 0 Å². The summed E-state index contributed by atoms with van der Waals surface area (Å²) in [5.41, 5.74) is 0. The number of aromatic amines is 1. The van der Waals surface area contributed by atoms with Gasteiger partial charge in [0.1, 0.15) is 5.82 Å². The number of hydrogen-bond acceptors (Lipinski definition) is 3. The molecule has 1 amide bonds. The Hall–Kier alpha value is -1.83. The van der Waals surface area contributed by atoms with Crippen LogP contribution in [-0.2, 0) is 0 Å². The van der Waals surface area contributed by atoms with Crippen molar-refractivity contribution in [2.24, 2.45) is 0 Å². The number of terminal acetylenes is 1. The molecule has 1 atom stereocenters. The highest BCUT2D eigenvalue weighted by atomic mass is 16.2. The van der Waals surface area contributed by atoms with E-state index in [1.54, 1.807) is 6.92 Å². The molecule has 0 aliphatic carbocycles. The minimum absolute atomic E-state index is 0.126. The molecule has 1 rings (SSSR count). The number of amides is 1. The fourth-order valence-electron chi connectivity index (χ4n) is 0.937. The first kappa shape index (κ1) is 11.2. The van der Waals surface area contributed by atoms with E-state index in [0.29, 0.717) is 5.82 Å². The molecule has 1 unspecified atom stereocenters. The lowest BCUT2D eigenvalue weighted by Gasteiger charge is -2.03. The van der Waals surface area contributed by atoms with E-state index in [1.807, 2.05) is 13.8 Å². The number of nitrogens with zero attached hydrogens (tertiary/aromatic N) is 2. The number of carbonyl (C=O) groups is 1. The molecule has 0 bridgehead atoms. The van der Waals surface area contributed by atoms with Gasteiger partial charge in [0.25, 0.3) is 5.91 Å². The van der Waals surface area contributed by atoms with Gasteiger partial charge >= 0.3 is 0 Å². The average molecular weight is 206 g/mol. The van der Waals surface area contributed by atoms with Gasteiger partial charge in [-0.3, -0.25) is 9.89 Å². The van der Waals surface area contributed by atoms with Crippen LogP contribution in [0.3, 0.4) is 0 Å². The van der Waals surface area contributed by atoms with Crippen LogP contribution >= 0.6 is 0 Å². The number of carbonyl (C=O) groups excluding carboxylic acids is 1. The van der Waals surface area contributed by atoms with Gasteiger partial charge in [0.05, 0.1) is 6.04 Å². The lowest BCUT2D eigenvalue weighted by atomic mass is 10.2. The molecular weight excluding hydrogens is 192 g/mol. The minimum Gasteiger partial charge on any atom is -0.336 e. The Bertz CT molecular complexity index is 388. The second kappa shape index (κ2) is 4.60. The van der Waals surface area contributed by atoms with Crippen LogP contribution in [0.4, 0.5) is 0 Å². The Labute approximate surface area is 88.7 Å². The lowest BCUT2D eigenvalue weighted by molar-refractivity contribution is 0.0938. The van der Waals surface area contributed by atoms with E-state index in [4.69, 9.17) is 6.42 Å². The summed E-state index contributed by atoms with van der Waals surface area (Å²) < 4.78 is 0. The average Bonchev–Trinajstić information content (AvgIpc) is 2.66. The van der Waals surface area contributed by atoms with E-state index >= 15 is 0 Å². The van der Waals surface area contributed by atoms with Gasteiger partial charge in [-0.15, -0.1) is 11.5 Å². The second-order valence-electron chi connectivity index (χ2n) is 3.56. The highest BCUT2D eigenvalue weighted by molar-refractivity contribution is 5.90. The Morgan fingerprint density at radius 2 is 2.20 bits per heavy atom. The summed E-state index contributed by atoms with van der Waals surface area (Å²) in [6, 6.07) is -0.321. The number of H-pyrrole nitrogens is 1. The molecule has 1 aromatic rings. The van der Waals surface area contributed by atoms with Gasteiger partial charge in [-0.2, -0.15) is 0 Å². The normalized spacial score (nSPS) is 12.2. The van der Waals surface area contributed by atoms with Crippen LogP contribution in [0.15, 0.2) is 0 Å². The summed E-state index contributed by atoms with van der Waals surface area (Å²) in [5, 5.41) is 9.09. The van der Waals surface area contributed by atoms with Crippen molar-refractivity contribution < 1.29 is 4.79 Å². The summed E-state index contributed by atoms with van der Waals surface area (Å²) in [5.74, 6) is 3.07. The first-order valence-corrected chi connectivity index (χ1v) is 4.74. The second-order valence-corrected chi connectivity index (χ2v) is 3.56. The van der Waals surface area contributed by atoms with Gasteiger partial charge in [0, 0.05) is 5.92 Å². The molecular formula is C10H14N4O. The fraction of sp³-hybridized carbons (Fsp3) is 0.500. The van der Waals surface area contributed by atoms with Gasteiger partial charge < -0.3 is 5.32 Å². The monoisotopic (exact) mass is 206 g/mol. The summed E-state index contributed by atoms with van der Waals surface area (Å²) >= 11 is 0. The molecule has 15 heavy (non-hydrogen) atoms. The third-order valence-corrected chi connectivity index (χ3v) is 1.85. The largest absolute Gasteiger partial charge is 0.336 e. The molecule has 0 saturated heterocycles. The van der Waals surface area contributed by atoms with Gasteiger partial charge in [-0.25, -0.2) is 4.98 Å². The zero-order valence-electron chi connectivity index (χ0n) is 9.03. The van der Waals surface area contributed by atoms with Crippen molar-refractivity contribution in [1.29, 1.82) is 0 Å². The molecule has 0 spiro atoms. The number of nitrogens with one attached hydrogen (secondary N) is 2. The van der Waals surface area contributed by atoms with Crippen LogP contribution in [0.2, 0.25) is 0 Å². The predicted molar refractivity (Wildman–Crippen MR) is 56.2 cm³/mol. The molecule has 0 aromatic carbocycles. The van der Waals surface area contributed by atoms with E-state index in [2.05, 4.69) is 26.4 Å². The van der Waals surface area contributed by atoms with E-state index in [9.17, 15) is 4.79 Å². The predicted octanol–water partition coefficient (Wildman–Crippen LogP) is 0.680. The van der Waals surface area contributed by atoms with E-state index < -0.39 is 0 Å². The quantitative estimate of drug-likeness (QED) is 0.714. The first-order valence-electron chi connectivity index (χ1n) is 4.74. The molecule has 0 aliphatic rings. The van der Waals surface area contributed by atoms with Gasteiger partial charge in [-0.05, 0) is 6.92 Å². The highest BCUT2D eigenvalue weighted by Crippen LogP contribution is 2.07. The molecule has 1 heterocycles. The molecule has 80 valence electrons. The van der Waals surface area contributed by atoms with Gasteiger partial charge in [0.2, 0.25) is 5.82 Å². The van der Waals surface area contributed by atoms with E-state index in [0.717, 1.165) is 0 Å². The van der Waals surface area contributed by atoms with E-state index in [1.165, 1.54) is 0 Å². The highest BCUT2D eigenvalue weighted by Gasteiger charge is 2.14. The molecule has 5 heteroatoms. The summed E-state index contributed by atoms with van der Waals surface area (Å²) in [4.78, 5) is 15.5. The Morgan fingerprint density at radius 1 is 1.53 bits per heavy atom. The van der Waals surface area contributed by atoms with Crippen molar-refractivity contribution in [1.82, 2.24) is 20.5 Å². The summed E-state index contributed by atoms with van der Waals surface area (Å²) in [7, 11) is 0. The molecule has 2 N–H and O–H groups in total. The maximum atomic E-state index is 11.5. The van der Waals surface area contributed by atoms with Crippen molar-refractivity contribution in [3.8, 4) is 12.3 Å². The van der Waals surface area contributed by atoms with Crippen molar-refractivity contribution in [2.45, 2.75) is 32.7 Å². The zero-order chi connectivity index (χ0) is 11.4. The van der Waals surface area contributed by atoms with Crippen LogP contribution < -0.4 is 5.32 Å². The first-order chi connectivity index (χ1) is 7.04. The standard InChI is InChI=1S/C10H14N4O/c1-5-7(4)11-10(15)9-12-8(6(2)3)13-14-9/h1,6-7H,2-4H3,(H,11,15)(H,12,13,14).